The van der Waals surface area contributed by atoms with E-state index in [1.54, 1.807) is 32.4 Å². The predicted molar refractivity (Wildman–Crippen MR) is 111 cm³/mol. The number of nitrogens with one attached hydrogen (secondary N) is 1. The SMILES string of the molecule is COc1ccc(CN2CCN(C(C)C(=O)Nc3ccccc3F)CC2)cc1OC. The Morgan fingerprint density at radius 1 is 1.07 bits per heavy atom. The number of nitrogens with zero attached hydrogens (tertiary/aromatic N) is 2. The molecule has 1 aliphatic heterocycles. The minimum absolute atomic E-state index is 0.191. The highest BCUT2D eigenvalue weighted by Crippen LogP contribution is 2.28. The van der Waals surface area contributed by atoms with Crippen LogP contribution in [0.2, 0.25) is 0 Å². The maximum absolute atomic E-state index is 13.8. The zero-order valence-electron chi connectivity index (χ0n) is 17.2. The third kappa shape index (κ3) is 5.25. The summed E-state index contributed by atoms with van der Waals surface area (Å²) in [5, 5.41) is 2.69. The highest BCUT2D eigenvalue weighted by atomic mass is 19.1. The van der Waals surface area contributed by atoms with Crippen LogP contribution >= 0.6 is 0 Å². The van der Waals surface area contributed by atoms with E-state index < -0.39 is 5.82 Å². The molecular formula is C22H28FN3O3. The summed E-state index contributed by atoms with van der Waals surface area (Å²) in [6, 6.07) is 11.8. The van der Waals surface area contributed by atoms with Gasteiger partial charge in [-0.15, -0.1) is 0 Å². The van der Waals surface area contributed by atoms with E-state index in [1.807, 2.05) is 25.1 Å². The van der Waals surface area contributed by atoms with Gasteiger partial charge in [0.15, 0.2) is 11.5 Å². The standard InChI is InChI=1S/C22H28FN3O3/c1-16(22(27)24-19-7-5-4-6-18(19)23)26-12-10-25(11-13-26)15-17-8-9-20(28-2)21(14-17)29-3/h4-9,14,16H,10-13,15H2,1-3H3,(H,24,27). The summed E-state index contributed by atoms with van der Waals surface area (Å²) in [4.78, 5) is 17.0. The van der Waals surface area contributed by atoms with E-state index in [2.05, 4.69) is 15.1 Å². The number of anilines is 1. The lowest BCUT2D eigenvalue weighted by Crippen LogP contribution is -2.52. The van der Waals surface area contributed by atoms with Crippen LogP contribution in [0.3, 0.4) is 0 Å². The summed E-state index contributed by atoms with van der Waals surface area (Å²) in [7, 11) is 3.26. The molecule has 3 rings (SSSR count). The van der Waals surface area contributed by atoms with Crippen molar-refractivity contribution in [2.75, 3.05) is 45.7 Å². The van der Waals surface area contributed by atoms with E-state index in [0.29, 0.717) is 0 Å². The first-order valence-electron chi connectivity index (χ1n) is 9.74. The third-order valence-electron chi connectivity index (χ3n) is 5.32. The fourth-order valence-electron chi connectivity index (χ4n) is 3.51. The number of benzene rings is 2. The molecule has 0 saturated carbocycles. The van der Waals surface area contributed by atoms with Gasteiger partial charge in [-0.05, 0) is 36.8 Å². The Morgan fingerprint density at radius 2 is 1.76 bits per heavy atom. The molecule has 0 aromatic heterocycles. The van der Waals surface area contributed by atoms with Gasteiger partial charge in [0.25, 0.3) is 0 Å². The number of carbonyl (C=O) groups excluding carboxylic acids is 1. The monoisotopic (exact) mass is 401 g/mol. The van der Waals surface area contributed by atoms with E-state index in [1.165, 1.54) is 6.07 Å². The van der Waals surface area contributed by atoms with Crippen LogP contribution in [-0.4, -0.2) is 62.1 Å². The molecule has 1 saturated heterocycles. The van der Waals surface area contributed by atoms with Gasteiger partial charge in [0.05, 0.1) is 25.9 Å². The minimum Gasteiger partial charge on any atom is -0.493 e. The zero-order chi connectivity index (χ0) is 20.8. The van der Waals surface area contributed by atoms with Crippen molar-refractivity contribution in [2.24, 2.45) is 0 Å². The van der Waals surface area contributed by atoms with E-state index in [0.717, 1.165) is 49.8 Å². The van der Waals surface area contributed by atoms with Crippen molar-refractivity contribution >= 4 is 11.6 Å². The van der Waals surface area contributed by atoms with Crippen molar-refractivity contribution in [1.29, 1.82) is 0 Å². The fourth-order valence-corrected chi connectivity index (χ4v) is 3.51. The molecule has 1 aliphatic rings. The molecule has 0 bridgehead atoms. The minimum atomic E-state index is -0.423. The third-order valence-corrected chi connectivity index (χ3v) is 5.32. The van der Waals surface area contributed by atoms with E-state index >= 15 is 0 Å². The van der Waals surface area contributed by atoms with Gasteiger partial charge in [0.2, 0.25) is 5.91 Å². The molecule has 1 amide bonds. The van der Waals surface area contributed by atoms with E-state index in [4.69, 9.17) is 9.47 Å². The number of piperazine rings is 1. The lowest BCUT2D eigenvalue weighted by atomic mass is 10.1. The van der Waals surface area contributed by atoms with Crippen molar-refractivity contribution in [2.45, 2.75) is 19.5 Å². The van der Waals surface area contributed by atoms with Crippen LogP contribution in [0.15, 0.2) is 42.5 Å². The van der Waals surface area contributed by atoms with Gasteiger partial charge >= 0.3 is 0 Å². The molecule has 0 spiro atoms. The van der Waals surface area contributed by atoms with Gasteiger partial charge in [-0.25, -0.2) is 4.39 Å². The van der Waals surface area contributed by atoms with Crippen molar-refractivity contribution in [3.63, 3.8) is 0 Å². The van der Waals surface area contributed by atoms with Crippen molar-refractivity contribution in [1.82, 2.24) is 9.80 Å². The largest absolute Gasteiger partial charge is 0.493 e. The Hall–Kier alpha value is -2.64. The average Bonchev–Trinajstić information content (AvgIpc) is 2.75. The van der Waals surface area contributed by atoms with E-state index in [9.17, 15) is 9.18 Å². The van der Waals surface area contributed by atoms with Crippen LogP contribution in [-0.2, 0) is 11.3 Å². The number of hydrogen-bond donors (Lipinski definition) is 1. The van der Waals surface area contributed by atoms with Crippen LogP contribution in [0.25, 0.3) is 0 Å². The van der Waals surface area contributed by atoms with Gasteiger partial charge in [-0.2, -0.15) is 0 Å². The number of ether oxygens (including phenoxy) is 2. The maximum Gasteiger partial charge on any atom is 0.241 e. The molecule has 1 unspecified atom stereocenters. The first-order chi connectivity index (χ1) is 14.0. The van der Waals surface area contributed by atoms with Crippen LogP contribution in [0.1, 0.15) is 12.5 Å². The smallest absolute Gasteiger partial charge is 0.241 e. The summed E-state index contributed by atoms with van der Waals surface area (Å²) in [6.45, 7) is 5.93. The topological polar surface area (TPSA) is 54.0 Å². The van der Waals surface area contributed by atoms with Crippen molar-refractivity contribution in [3.8, 4) is 11.5 Å². The van der Waals surface area contributed by atoms with Gasteiger partial charge in [-0.1, -0.05) is 18.2 Å². The molecule has 0 radical (unpaired) electrons. The fraction of sp³-hybridized carbons (Fsp3) is 0.409. The highest BCUT2D eigenvalue weighted by molar-refractivity contribution is 5.94. The quantitative estimate of drug-likeness (QED) is 0.773. The van der Waals surface area contributed by atoms with Gasteiger partial charge in [0, 0.05) is 32.7 Å². The Morgan fingerprint density at radius 3 is 2.41 bits per heavy atom. The first kappa shape index (κ1) is 21.1. The molecule has 2 aromatic carbocycles. The van der Waals surface area contributed by atoms with Crippen LogP contribution < -0.4 is 14.8 Å². The Labute approximate surface area is 171 Å². The van der Waals surface area contributed by atoms with Gasteiger partial charge in [0.1, 0.15) is 5.82 Å². The number of amides is 1. The molecule has 29 heavy (non-hydrogen) atoms. The average molecular weight is 401 g/mol. The van der Waals surface area contributed by atoms with Crippen LogP contribution in [0.5, 0.6) is 11.5 Å². The van der Waals surface area contributed by atoms with Crippen molar-refractivity contribution in [3.05, 3.63) is 53.8 Å². The summed E-state index contributed by atoms with van der Waals surface area (Å²) in [5.74, 6) is 0.828. The predicted octanol–water partition coefficient (Wildman–Crippen LogP) is 2.99. The Balaban J connectivity index is 1.52. The number of para-hydroxylation sites is 1. The Kier molecular flexibility index (Phi) is 7.06. The molecule has 156 valence electrons. The number of methoxy groups -OCH3 is 2. The molecular weight excluding hydrogens is 373 g/mol. The van der Waals surface area contributed by atoms with Crippen LogP contribution in [0.4, 0.5) is 10.1 Å². The van der Waals surface area contributed by atoms with Gasteiger partial charge in [-0.3, -0.25) is 14.6 Å². The molecule has 1 atom stereocenters. The second-order valence-corrected chi connectivity index (χ2v) is 7.15. The second kappa shape index (κ2) is 9.71. The number of halogens is 1. The second-order valence-electron chi connectivity index (χ2n) is 7.15. The summed E-state index contributed by atoms with van der Waals surface area (Å²) < 4.78 is 24.4. The summed E-state index contributed by atoms with van der Waals surface area (Å²) >= 11 is 0. The lowest BCUT2D eigenvalue weighted by molar-refractivity contribution is -0.121. The highest BCUT2D eigenvalue weighted by Gasteiger charge is 2.26. The summed E-state index contributed by atoms with van der Waals surface area (Å²) in [6.07, 6.45) is 0. The molecule has 7 heteroatoms. The summed E-state index contributed by atoms with van der Waals surface area (Å²) in [5.41, 5.74) is 1.37. The first-order valence-corrected chi connectivity index (χ1v) is 9.74. The van der Waals surface area contributed by atoms with Crippen molar-refractivity contribution < 1.29 is 18.7 Å². The maximum atomic E-state index is 13.8. The number of carbonyl (C=O) groups is 1. The number of rotatable bonds is 7. The molecule has 1 N–H and O–H groups in total. The molecule has 0 aliphatic carbocycles. The normalized spacial score (nSPS) is 16.3. The molecule has 1 heterocycles. The zero-order valence-corrected chi connectivity index (χ0v) is 17.2. The van der Waals surface area contributed by atoms with E-state index in [-0.39, 0.29) is 17.6 Å². The molecule has 6 nitrogen and oxygen atoms in total. The van der Waals surface area contributed by atoms with Gasteiger partial charge < -0.3 is 14.8 Å². The van der Waals surface area contributed by atoms with Crippen LogP contribution in [0, 0.1) is 5.82 Å². The lowest BCUT2D eigenvalue weighted by Gasteiger charge is -2.37. The molecule has 1 fully saturated rings. The number of hydrogen-bond acceptors (Lipinski definition) is 5. The molecule has 2 aromatic rings. The Bertz CT molecular complexity index is 838.